The van der Waals surface area contributed by atoms with Gasteiger partial charge in [-0.2, -0.15) is 0 Å². The molecule has 3 heterocycles. The normalized spacial score (nSPS) is 22.3. The SMILES string of the molecule is COCCN1C(=S)NC(c2ccccn2)C1c1cc2c(cc1Cl)N(C)C(C)(C)C=C2C. The molecule has 0 spiro atoms. The summed E-state index contributed by atoms with van der Waals surface area (Å²) in [6.07, 6.45) is 4.12. The number of thiocarbonyl (C=S) groups is 1. The summed E-state index contributed by atoms with van der Waals surface area (Å²) in [5.74, 6) is 0. The Balaban J connectivity index is 1.84. The molecule has 5 nitrogen and oxygen atoms in total. The minimum absolute atomic E-state index is 0.0700. The Labute approximate surface area is 195 Å². The van der Waals surface area contributed by atoms with Gasteiger partial charge in [0.05, 0.1) is 29.9 Å². The molecule has 2 aromatic rings. The van der Waals surface area contributed by atoms with E-state index in [1.165, 1.54) is 11.1 Å². The Hall–Kier alpha value is -2.15. The van der Waals surface area contributed by atoms with Gasteiger partial charge in [0.1, 0.15) is 0 Å². The zero-order valence-electron chi connectivity index (χ0n) is 18.6. The van der Waals surface area contributed by atoms with Crippen molar-refractivity contribution in [3.05, 3.63) is 64.4 Å². The third-order valence-electron chi connectivity index (χ3n) is 6.39. The Morgan fingerprint density at radius 1 is 1.29 bits per heavy atom. The zero-order chi connectivity index (χ0) is 22.3. The van der Waals surface area contributed by atoms with Crippen molar-refractivity contribution in [3.8, 4) is 0 Å². The molecule has 164 valence electrons. The lowest BCUT2D eigenvalue weighted by atomic mass is 9.86. The van der Waals surface area contributed by atoms with Crippen molar-refractivity contribution in [2.45, 2.75) is 38.4 Å². The Kier molecular flexibility index (Phi) is 5.99. The molecule has 1 N–H and O–H groups in total. The van der Waals surface area contributed by atoms with Crippen molar-refractivity contribution in [2.24, 2.45) is 0 Å². The molecule has 1 fully saturated rings. The number of nitrogens with zero attached hydrogens (tertiary/aromatic N) is 3. The summed E-state index contributed by atoms with van der Waals surface area (Å²) >= 11 is 12.7. The van der Waals surface area contributed by atoms with Crippen LogP contribution in [-0.4, -0.2) is 47.8 Å². The summed E-state index contributed by atoms with van der Waals surface area (Å²) in [7, 11) is 3.82. The van der Waals surface area contributed by atoms with Crippen molar-refractivity contribution in [1.29, 1.82) is 0 Å². The summed E-state index contributed by atoms with van der Waals surface area (Å²) < 4.78 is 5.36. The smallest absolute Gasteiger partial charge is 0.170 e. The summed E-state index contributed by atoms with van der Waals surface area (Å²) in [6, 6.07) is 10.1. The molecule has 0 saturated carbocycles. The molecule has 7 heteroatoms. The van der Waals surface area contributed by atoms with Crippen LogP contribution in [0.3, 0.4) is 0 Å². The molecule has 0 bridgehead atoms. The standard InChI is InChI=1S/C24H29ClN4OS/c1-15-14-24(2,3)28(4)20-13-18(25)17(12-16(15)20)22-21(19-8-6-7-9-26-19)27-23(31)29(22)10-11-30-5/h6-9,12-14,21-22H,10-11H2,1-5H3,(H,27,31). The van der Waals surface area contributed by atoms with Crippen molar-refractivity contribution in [2.75, 3.05) is 32.2 Å². The summed E-state index contributed by atoms with van der Waals surface area (Å²) in [4.78, 5) is 9.05. The number of fused-ring (bicyclic) bond motifs is 1. The molecule has 2 unspecified atom stereocenters. The van der Waals surface area contributed by atoms with E-state index < -0.39 is 0 Å². The number of benzene rings is 1. The highest BCUT2D eigenvalue weighted by Crippen LogP contribution is 2.46. The first kappa shape index (κ1) is 22.1. The van der Waals surface area contributed by atoms with Crippen LogP contribution >= 0.6 is 23.8 Å². The van der Waals surface area contributed by atoms with E-state index in [0.29, 0.717) is 18.3 Å². The lowest BCUT2D eigenvalue weighted by Crippen LogP contribution is -2.42. The third-order valence-corrected chi connectivity index (χ3v) is 7.07. The van der Waals surface area contributed by atoms with Crippen LogP contribution < -0.4 is 10.2 Å². The number of nitrogens with one attached hydrogen (secondary N) is 1. The van der Waals surface area contributed by atoms with Crippen LogP contribution in [-0.2, 0) is 4.74 Å². The summed E-state index contributed by atoms with van der Waals surface area (Å²) in [6.45, 7) is 7.84. The number of allylic oxidation sites excluding steroid dienone is 1. The third kappa shape index (κ3) is 3.93. The number of ether oxygens (including phenoxy) is 1. The van der Waals surface area contributed by atoms with Crippen LogP contribution in [0.2, 0.25) is 5.02 Å². The van der Waals surface area contributed by atoms with Crippen LogP contribution in [0.15, 0.2) is 42.6 Å². The van der Waals surface area contributed by atoms with E-state index >= 15 is 0 Å². The largest absolute Gasteiger partial charge is 0.383 e. The van der Waals surface area contributed by atoms with Gasteiger partial charge in [0, 0.05) is 43.2 Å². The highest BCUT2D eigenvalue weighted by Gasteiger charge is 2.41. The van der Waals surface area contributed by atoms with Crippen LogP contribution in [0.1, 0.15) is 49.7 Å². The highest BCUT2D eigenvalue weighted by molar-refractivity contribution is 7.80. The second-order valence-electron chi connectivity index (χ2n) is 8.74. The summed E-state index contributed by atoms with van der Waals surface area (Å²) in [5, 5.41) is 4.90. The van der Waals surface area contributed by atoms with Crippen molar-refractivity contribution >= 4 is 40.2 Å². The fourth-order valence-electron chi connectivity index (χ4n) is 4.59. The maximum atomic E-state index is 6.95. The molecule has 1 aromatic heterocycles. The molecule has 2 aliphatic rings. The molecule has 31 heavy (non-hydrogen) atoms. The van der Waals surface area contributed by atoms with Crippen molar-refractivity contribution in [1.82, 2.24) is 15.2 Å². The van der Waals surface area contributed by atoms with Crippen LogP contribution in [0.25, 0.3) is 5.57 Å². The minimum atomic E-state index is -0.0943. The van der Waals surface area contributed by atoms with E-state index in [1.807, 2.05) is 24.4 Å². The first-order chi connectivity index (χ1) is 14.7. The van der Waals surface area contributed by atoms with Gasteiger partial charge in [-0.05, 0) is 68.4 Å². The second kappa shape index (κ2) is 8.41. The molecule has 2 atom stereocenters. The van der Waals surface area contributed by atoms with Gasteiger partial charge in [-0.25, -0.2) is 0 Å². The van der Waals surface area contributed by atoms with E-state index in [4.69, 9.17) is 28.6 Å². The second-order valence-corrected chi connectivity index (χ2v) is 9.54. The van der Waals surface area contributed by atoms with Gasteiger partial charge < -0.3 is 19.9 Å². The number of likely N-dealkylation sites (N-methyl/N-ethyl adjacent to an activating group) is 1. The van der Waals surface area contributed by atoms with Crippen LogP contribution in [0, 0.1) is 0 Å². The Bertz CT molecular complexity index is 1020. The number of hydrogen-bond donors (Lipinski definition) is 1. The fourth-order valence-corrected chi connectivity index (χ4v) is 5.19. The molecule has 2 aliphatic heterocycles. The predicted octanol–water partition coefficient (Wildman–Crippen LogP) is 4.99. The molecule has 4 rings (SSSR count). The number of hydrogen-bond acceptors (Lipinski definition) is 4. The summed E-state index contributed by atoms with van der Waals surface area (Å²) in [5.41, 5.74) is 5.51. The lowest BCUT2D eigenvalue weighted by Gasteiger charge is -2.41. The topological polar surface area (TPSA) is 40.6 Å². The lowest BCUT2D eigenvalue weighted by molar-refractivity contribution is 0.164. The quantitative estimate of drug-likeness (QED) is 0.639. The van der Waals surface area contributed by atoms with E-state index in [9.17, 15) is 0 Å². The number of pyridine rings is 1. The van der Waals surface area contributed by atoms with Crippen molar-refractivity contribution < 1.29 is 4.74 Å². The fraction of sp³-hybridized carbons (Fsp3) is 0.417. The first-order valence-electron chi connectivity index (χ1n) is 10.5. The van der Waals surface area contributed by atoms with E-state index in [0.717, 1.165) is 22.0 Å². The Morgan fingerprint density at radius 2 is 2.06 bits per heavy atom. The average Bonchev–Trinajstić information content (AvgIpc) is 3.06. The minimum Gasteiger partial charge on any atom is -0.383 e. The van der Waals surface area contributed by atoms with E-state index in [2.05, 4.69) is 66.1 Å². The highest BCUT2D eigenvalue weighted by atomic mass is 35.5. The Morgan fingerprint density at radius 3 is 2.74 bits per heavy atom. The monoisotopic (exact) mass is 456 g/mol. The van der Waals surface area contributed by atoms with Gasteiger partial charge in [-0.15, -0.1) is 0 Å². The molecular formula is C24H29ClN4OS. The van der Waals surface area contributed by atoms with Gasteiger partial charge in [0.15, 0.2) is 5.11 Å². The van der Waals surface area contributed by atoms with Crippen LogP contribution in [0.5, 0.6) is 0 Å². The van der Waals surface area contributed by atoms with Gasteiger partial charge in [0.2, 0.25) is 0 Å². The van der Waals surface area contributed by atoms with Gasteiger partial charge in [0.25, 0.3) is 0 Å². The predicted molar refractivity (Wildman–Crippen MR) is 132 cm³/mol. The zero-order valence-corrected chi connectivity index (χ0v) is 20.2. The molecule has 1 saturated heterocycles. The van der Waals surface area contributed by atoms with Gasteiger partial charge in [-0.3, -0.25) is 4.98 Å². The van der Waals surface area contributed by atoms with Gasteiger partial charge in [-0.1, -0.05) is 23.7 Å². The number of anilines is 1. The average molecular weight is 457 g/mol. The molecule has 0 amide bonds. The molecule has 0 radical (unpaired) electrons. The maximum Gasteiger partial charge on any atom is 0.170 e. The van der Waals surface area contributed by atoms with E-state index in [-0.39, 0.29) is 17.6 Å². The number of rotatable bonds is 5. The number of aromatic nitrogens is 1. The first-order valence-corrected chi connectivity index (χ1v) is 11.3. The number of methoxy groups -OCH3 is 1. The molecule has 0 aliphatic carbocycles. The molecule has 1 aromatic carbocycles. The van der Waals surface area contributed by atoms with Gasteiger partial charge >= 0.3 is 0 Å². The van der Waals surface area contributed by atoms with E-state index in [1.54, 1.807) is 7.11 Å². The van der Waals surface area contributed by atoms with Crippen molar-refractivity contribution in [3.63, 3.8) is 0 Å². The molecular weight excluding hydrogens is 428 g/mol. The van der Waals surface area contributed by atoms with Crippen LogP contribution in [0.4, 0.5) is 5.69 Å². The maximum absolute atomic E-state index is 6.95. The number of halogens is 1.